The van der Waals surface area contributed by atoms with Crippen LogP contribution in [0.15, 0.2) is 21.3 Å². The normalized spacial score (nSPS) is 12.0. The van der Waals surface area contributed by atoms with Crippen LogP contribution in [0.4, 0.5) is 0 Å². The largest absolute Gasteiger partial charge is 0.493 e. The first-order valence-corrected chi connectivity index (χ1v) is 7.51. The first-order chi connectivity index (χ1) is 11.4. The molecule has 2 N–H and O–H groups in total. The summed E-state index contributed by atoms with van der Waals surface area (Å²) >= 11 is 0. The van der Waals surface area contributed by atoms with E-state index in [0.29, 0.717) is 22.4 Å². The highest BCUT2D eigenvalue weighted by Crippen LogP contribution is 2.36. The fourth-order valence-corrected chi connectivity index (χ4v) is 2.45. The topological polar surface area (TPSA) is 98.0 Å². The van der Waals surface area contributed by atoms with Gasteiger partial charge in [-0.25, -0.2) is 4.79 Å². The Morgan fingerprint density at radius 2 is 2.04 bits per heavy atom. The molecule has 1 heterocycles. The number of fused-ring (bicyclic) bond motifs is 1. The molecule has 0 saturated carbocycles. The Labute approximate surface area is 139 Å². The van der Waals surface area contributed by atoms with Gasteiger partial charge in [0.25, 0.3) is 0 Å². The minimum absolute atomic E-state index is 0.120. The molecule has 24 heavy (non-hydrogen) atoms. The van der Waals surface area contributed by atoms with Crippen LogP contribution in [0.5, 0.6) is 11.5 Å². The zero-order valence-electron chi connectivity index (χ0n) is 14.1. The summed E-state index contributed by atoms with van der Waals surface area (Å²) in [7, 11) is 2.96. The lowest BCUT2D eigenvalue weighted by atomic mass is 10.0. The highest BCUT2D eigenvalue weighted by Gasteiger charge is 2.19. The fourth-order valence-electron chi connectivity index (χ4n) is 2.45. The smallest absolute Gasteiger partial charge is 0.340 e. The number of aliphatic hydroxyl groups excluding tert-OH is 1. The van der Waals surface area contributed by atoms with Gasteiger partial charge in [0.1, 0.15) is 0 Å². The first kappa shape index (κ1) is 17.8. The second-order valence-electron chi connectivity index (χ2n) is 5.50. The average Bonchev–Trinajstić information content (AvgIpc) is 2.55. The fraction of sp³-hybridized carbons (Fsp3) is 0.412. The van der Waals surface area contributed by atoms with Crippen LogP contribution < -0.4 is 20.4 Å². The van der Waals surface area contributed by atoms with E-state index >= 15 is 0 Å². The number of carbonyl (C=O) groups excluding carboxylic acids is 1. The van der Waals surface area contributed by atoms with E-state index in [1.54, 1.807) is 26.0 Å². The minimum Gasteiger partial charge on any atom is -0.493 e. The quantitative estimate of drug-likeness (QED) is 0.769. The van der Waals surface area contributed by atoms with Crippen molar-refractivity contribution >= 4 is 16.9 Å². The standard InChI is InChI=1S/C17H21NO6/c1-9(19)8-18-14(20)7-12-10(2)11-5-6-13(22-3)16(23-4)15(11)24-17(12)21/h5-6,9,19H,7-8H2,1-4H3,(H,18,20). The van der Waals surface area contributed by atoms with Crippen LogP contribution in [0.3, 0.4) is 0 Å². The summed E-state index contributed by atoms with van der Waals surface area (Å²) < 4.78 is 15.9. The molecule has 1 aromatic heterocycles. The van der Waals surface area contributed by atoms with Gasteiger partial charge in [0.15, 0.2) is 11.3 Å². The van der Waals surface area contributed by atoms with E-state index < -0.39 is 11.7 Å². The summed E-state index contributed by atoms with van der Waals surface area (Å²) in [5, 5.41) is 12.4. The van der Waals surface area contributed by atoms with Crippen LogP contribution in [0.25, 0.3) is 11.0 Å². The van der Waals surface area contributed by atoms with Crippen LogP contribution in [0.2, 0.25) is 0 Å². The predicted molar refractivity (Wildman–Crippen MR) is 88.7 cm³/mol. The van der Waals surface area contributed by atoms with Crippen LogP contribution in [0, 0.1) is 6.92 Å². The van der Waals surface area contributed by atoms with E-state index in [1.807, 2.05) is 0 Å². The Kier molecular flexibility index (Phi) is 5.46. The van der Waals surface area contributed by atoms with Crippen LogP contribution in [-0.4, -0.2) is 37.9 Å². The lowest BCUT2D eigenvalue weighted by Crippen LogP contribution is -2.33. The van der Waals surface area contributed by atoms with E-state index in [0.717, 1.165) is 0 Å². The van der Waals surface area contributed by atoms with Crippen molar-refractivity contribution in [2.75, 3.05) is 20.8 Å². The van der Waals surface area contributed by atoms with Gasteiger partial charge >= 0.3 is 5.63 Å². The van der Waals surface area contributed by atoms with Crippen molar-refractivity contribution in [1.29, 1.82) is 0 Å². The maximum Gasteiger partial charge on any atom is 0.340 e. The molecule has 0 radical (unpaired) electrons. The Bertz CT molecular complexity index is 809. The van der Waals surface area contributed by atoms with Gasteiger partial charge in [-0.3, -0.25) is 4.79 Å². The summed E-state index contributed by atoms with van der Waals surface area (Å²) in [4.78, 5) is 24.2. The van der Waals surface area contributed by atoms with Gasteiger partial charge in [0.05, 0.1) is 32.3 Å². The maximum absolute atomic E-state index is 12.3. The van der Waals surface area contributed by atoms with Gasteiger partial charge in [-0.15, -0.1) is 0 Å². The molecular weight excluding hydrogens is 314 g/mol. The van der Waals surface area contributed by atoms with E-state index in [1.165, 1.54) is 14.2 Å². The second-order valence-corrected chi connectivity index (χ2v) is 5.50. The average molecular weight is 335 g/mol. The van der Waals surface area contributed by atoms with E-state index in [2.05, 4.69) is 5.32 Å². The number of methoxy groups -OCH3 is 2. The molecular formula is C17H21NO6. The molecule has 0 saturated heterocycles. The van der Waals surface area contributed by atoms with Crippen molar-refractivity contribution in [3.63, 3.8) is 0 Å². The summed E-state index contributed by atoms with van der Waals surface area (Å²) in [6.07, 6.45) is -0.773. The molecule has 2 rings (SSSR count). The van der Waals surface area contributed by atoms with Gasteiger partial charge in [-0.2, -0.15) is 0 Å². The number of carbonyl (C=O) groups is 1. The van der Waals surface area contributed by atoms with Gasteiger partial charge in [-0.05, 0) is 31.5 Å². The monoisotopic (exact) mass is 335 g/mol. The third-order valence-electron chi connectivity index (χ3n) is 3.73. The van der Waals surface area contributed by atoms with E-state index in [9.17, 15) is 14.7 Å². The number of nitrogens with one attached hydrogen (secondary N) is 1. The van der Waals surface area contributed by atoms with Gasteiger partial charge in [0, 0.05) is 11.9 Å². The maximum atomic E-state index is 12.3. The van der Waals surface area contributed by atoms with Crippen molar-refractivity contribution in [3.05, 3.63) is 33.7 Å². The van der Waals surface area contributed by atoms with Crippen LogP contribution >= 0.6 is 0 Å². The molecule has 7 heteroatoms. The molecule has 1 aromatic carbocycles. The van der Waals surface area contributed by atoms with E-state index in [4.69, 9.17) is 13.9 Å². The molecule has 130 valence electrons. The number of hydrogen-bond donors (Lipinski definition) is 2. The minimum atomic E-state index is -0.653. The number of benzene rings is 1. The summed E-state index contributed by atoms with van der Waals surface area (Å²) in [5.41, 5.74) is 0.610. The first-order valence-electron chi connectivity index (χ1n) is 7.51. The predicted octanol–water partition coefficient (Wildman–Crippen LogP) is 1.16. The lowest BCUT2D eigenvalue weighted by Gasteiger charge is -2.13. The third-order valence-corrected chi connectivity index (χ3v) is 3.73. The number of aryl methyl sites for hydroxylation is 1. The highest BCUT2D eigenvalue weighted by atomic mass is 16.5. The molecule has 0 aliphatic heterocycles. The molecule has 2 aromatic rings. The molecule has 0 aliphatic rings. The Balaban J connectivity index is 2.47. The molecule has 0 bridgehead atoms. The summed E-state index contributed by atoms with van der Waals surface area (Å²) in [6, 6.07) is 3.47. The van der Waals surface area contributed by atoms with Crippen LogP contribution in [0.1, 0.15) is 18.1 Å². The van der Waals surface area contributed by atoms with Crippen molar-refractivity contribution in [1.82, 2.24) is 5.32 Å². The zero-order chi connectivity index (χ0) is 17.9. The van der Waals surface area contributed by atoms with Gasteiger partial charge in [-0.1, -0.05) is 0 Å². The number of aliphatic hydroxyl groups is 1. The number of hydrogen-bond acceptors (Lipinski definition) is 6. The van der Waals surface area contributed by atoms with Gasteiger partial charge in [0.2, 0.25) is 11.7 Å². The molecule has 1 unspecified atom stereocenters. The SMILES string of the molecule is COc1ccc2c(C)c(CC(=O)NCC(C)O)c(=O)oc2c1OC. The van der Waals surface area contributed by atoms with Gasteiger partial charge < -0.3 is 24.3 Å². The van der Waals surface area contributed by atoms with E-state index in [-0.39, 0.29) is 30.0 Å². The number of ether oxygens (including phenoxy) is 2. The second kappa shape index (κ2) is 7.35. The number of rotatable bonds is 6. The summed E-state index contributed by atoms with van der Waals surface area (Å²) in [6.45, 7) is 3.44. The van der Waals surface area contributed by atoms with Crippen molar-refractivity contribution in [2.45, 2.75) is 26.4 Å². The number of amides is 1. The molecule has 0 fully saturated rings. The molecule has 1 atom stereocenters. The van der Waals surface area contributed by atoms with Crippen molar-refractivity contribution in [3.8, 4) is 11.5 Å². The molecule has 1 amide bonds. The van der Waals surface area contributed by atoms with Crippen molar-refractivity contribution < 1.29 is 23.8 Å². The Morgan fingerprint density at radius 3 is 2.62 bits per heavy atom. The van der Waals surface area contributed by atoms with Crippen LogP contribution in [-0.2, 0) is 11.2 Å². The Morgan fingerprint density at radius 1 is 1.33 bits per heavy atom. The summed E-state index contributed by atoms with van der Waals surface area (Å²) in [5.74, 6) is 0.432. The third kappa shape index (κ3) is 3.51. The lowest BCUT2D eigenvalue weighted by molar-refractivity contribution is -0.120. The molecule has 0 aliphatic carbocycles. The highest BCUT2D eigenvalue weighted by molar-refractivity contribution is 5.89. The Hall–Kier alpha value is -2.54. The molecule has 7 nitrogen and oxygen atoms in total. The van der Waals surface area contributed by atoms with Crippen molar-refractivity contribution in [2.24, 2.45) is 0 Å². The zero-order valence-corrected chi connectivity index (χ0v) is 14.1. The molecule has 0 spiro atoms.